The summed E-state index contributed by atoms with van der Waals surface area (Å²) in [6, 6.07) is 9.09. The SMILES string of the molecule is O=C1CN(c2ccc(-c3cncs3)cc2O)S(=O)(=O)N1.O=C1CN(c2ccc(-c3nccs3)cc2O)S(=O)(=O)N1. The normalized spacial score (nSPS) is 17.2. The third-order valence-corrected chi connectivity index (χ3v) is 9.95. The van der Waals surface area contributed by atoms with Crippen molar-refractivity contribution in [2.24, 2.45) is 0 Å². The van der Waals surface area contributed by atoms with E-state index < -0.39 is 32.2 Å². The zero-order valence-electron chi connectivity index (χ0n) is 20.0. The molecule has 40 heavy (non-hydrogen) atoms. The van der Waals surface area contributed by atoms with E-state index >= 15 is 0 Å². The van der Waals surface area contributed by atoms with E-state index in [4.69, 9.17) is 0 Å². The summed E-state index contributed by atoms with van der Waals surface area (Å²) in [7, 11) is -7.83. The zero-order chi connectivity index (χ0) is 28.7. The third kappa shape index (κ3) is 5.41. The molecule has 4 N–H and O–H groups in total. The van der Waals surface area contributed by atoms with Crippen LogP contribution in [0.1, 0.15) is 0 Å². The van der Waals surface area contributed by atoms with Crippen molar-refractivity contribution in [1.82, 2.24) is 19.4 Å². The molecule has 2 amide bonds. The molecule has 2 aliphatic rings. The van der Waals surface area contributed by atoms with Gasteiger partial charge in [0.15, 0.2) is 0 Å². The van der Waals surface area contributed by atoms with Gasteiger partial charge < -0.3 is 10.2 Å². The van der Waals surface area contributed by atoms with Gasteiger partial charge in [-0.2, -0.15) is 16.8 Å². The minimum Gasteiger partial charge on any atom is -0.506 e. The summed E-state index contributed by atoms with van der Waals surface area (Å²) in [5.41, 5.74) is 3.19. The fourth-order valence-corrected chi connectivity index (χ4v) is 7.38. The summed E-state index contributed by atoms with van der Waals surface area (Å²) in [4.78, 5) is 31.3. The second-order valence-corrected chi connectivity index (χ2v) is 13.2. The number of aromatic nitrogens is 2. The van der Waals surface area contributed by atoms with E-state index in [1.165, 1.54) is 46.9 Å². The molecule has 18 heteroatoms. The van der Waals surface area contributed by atoms with Gasteiger partial charge in [-0.1, -0.05) is 6.07 Å². The molecule has 2 aromatic carbocycles. The Kier molecular flexibility index (Phi) is 7.08. The molecule has 2 fully saturated rings. The Labute approximate surface area is 235 Å². The van der Waals surface area contributed by atoms with E-state index in [9.17, 15) is 36.6 Å². The van der Waals surface area contributed by atoms with Gasteiger partial charge in [0.25, 0.3) is 11.8 Å². The van der Waals surface area contributed by atoms with Crippen LogP contribution in [0, 0.1) is 0 Å². The molecule has 2 aromatic heterocycles. The van der Waals surface area contributed by atoms with Gasteiger partial charge in [0.2, 0.25) is 0 Å². The molecular weight excluding hydrogens is 605 g/mol. The topological polar surface area (TPSA) is 199 Å². The molecule has 6 rings (SSSR count). The average Bonchev–Trinajstić information content (AvgIpc) is 3.67. The van der Waals surface area contributed by atoms with E-state index in [-0.39, 0.29) is 36.0 Å². The van der Waals surface area contributed by atoms with Crippen LogP contribution in [0.5, 0.6) is 11.5 Å². The maximum absolute atomic E-state index is 11.7. The highest BCUT2D eigenvalue weighted by Gasteiger charge is 2.36. The molecule has 14 nitrogen and oxygen atoms in total. The van der Waals surface area contributed by atoms with Crippen LogP contribution >= 0.6 is 22.7 Å². The first-order chi connectivity index (χ1) is 18.9. The van der Waals surface area contributed by atoms with E-state index in [1.54, 1.807) is 35.4 Å². The summed E-state index contributed by atoms with van der Waals surface area (Å²) < 4.78 is 52.2. The number of thiazole rings is 2. The van der Waals surface area contributed by atoms with Crippen molar-refractivity contribution in [2.45, 2.75) is 0 Å². The minimum atomic E-state index is -3.92. The first kappa shape index (κ1) is 27.3. The lowest BCUT2D eigenvalue weighted by Gasteiger charge is -2.16. The maximum Gasteiger partial charge on any atom is 0.326 e. The predicted octanol–water partition coefficient (Wildman–Crippen LogP) is 1.39. The quantitative estimate of drug-likeness (QED) is 0.258. The highest BCUT2D eigenvalue weighted by Crippen LogP contribution is 2.36. The van der Waals surface area contributed by atoms with Crippen LogP contribution in [0.25, 0.3) is 21.0 Å². The number of carbonyl (C=O) groups is 2. The van der Waals surface area contributed by atoms with Crippen LogP contribution in [0.2, 0.25) is 0 Å². The van der Waals surface area contributed by atoms with Crippen LogP contribution in [-0.4, -0.2) is 61.9 Å². The van der Waals surface area contributed by atoms with Crippen LogP contribution in [0.4, 0.5) is 11.4 Å². The number of carbonyl (C=O) groups excluding carboxylic acids is 2. The summed E-state index contributed by atoms with van der Waals surface area (Å²) in [5, 5.41) is 22.5. The molecular formula is C22H18N6O8S4. The molecule has 0 bridgehead atoms. The molecule has 0 spiro atoms. The minimum absolute atomic E-state index is 0.0589. The van der Waals surface area contributed by atoms with Crippen LogP contribution < -0.4 is 18.1 Å². The Bertz CT molecular complexity index is 1680. The largest absolute Gasteiger partial charge is 0.506 e. The molecule has 208 valence electrons. The number of phenols is 2. The van der Waals surface area contributed by atoms with Gasteiger partial charge in [-0.25, -0.2) is 23.0 Å². The van der Waals surface area contributed by atoms with Gasteiger partial charge in [-0.3, -0.25) is 14.6 Å². The fraction of sp³-hybridized carbons (Fsp3) is 0.0909. The number of amides is 2. The maximum atomic E-state index is 11.7. The Balaban J connectivity index is 0.000000161. The van der Waals surface area contributed by atoms with Crippen molar-refractivity contribution in [3.63, 3.8) is 0 Å². The molecule has 0 unspecified atom stereocenters. The third-order valence-electron chi connectivity index (χ3n) is 5.52. The summed E-state index contributed by atoms with van der Waals surface area (Å²) in [6.07, 6.45) is 3.29. The van der Waals surface area contributed by atoms with E-state index in [0.717, 1.165) is 19.1 Å². The molecule has 4 heterocycles. The van der Waals surface area contributed by atoms with Gasteiger partial charge in [0, 0.05) is 23.3 Å². The van der Waals surface area contributed by atoms with Crippen LogP contribution in [0.15, 0.2) is 59.7 Å². The number of benzene rings is 2. The summed E-state index contributed by atoms with van der Waals surface area (Å²) in [5.74, 6) is -1.70. The number of anilines is 2. The molecule has 4 aromatic rings. The van der Waals surface area contributed by atoms with E-state index in [1.807, 2.05) is 9.44 Å². The van der Waals surface area contributed by atoms with Crippen LogP contribution in [-0.2, 0) is 30.0 Å². The summed E-state index contributed by atoms with van der Waals surface area (Å²) >= 11 is 2.80. The molecule has 2 saturated heterocycles. The van der Waals surface area contributed by atoms with Crippen molar-refractivity contribution in [2.75, 3.05) is 21.7 Å². The number of nitrogens with zero attached hydrogens (tertiary/aromatic N) is 4. The standard InChI is InChI=1S/2C11H9N3O4S2/c15-9-3-7(10-4-12-6-19-10)1-2-8(9)14-5-11(16)13-20(14,17)18;15-9-5-7(11-12-3-4-19-11)1-2-8(9)14-6-10(16)13-20(14,17)18/h1-4,6,15H,5H2,(H,13,16);1-5,15H,6H2,(H,13,16). The number of nitrogens with one attached hydrogen (secondary N) is 2. The highest BCUT2D eigenvalue weighted by atomic mass is 32.2. The van der Waals surface area contributed by atoms with Gasteiger partial charge in [0.05, 0.1) is 21.8 Å². The molecule has 0 aliphatic carbocycles. The van der Waals surface area contributed by atoms with Crippen molar-refractivity contribution in [3.05, 3.63) is 59.7 Å². The van der Waals surface area contributed by atoms with Gasteiger partial charge >= 0.3 is 20.4 Å². The van der Waals surface area contributed by atoms with E-state index in [2.05, 4.69) is 9.97 Å². The molecule has 0 radical (unpaired) electrons. The Morgan fingerprint density at radius 1 is 0.800 bits per heavy atom. The smallest absolute Gasteiger partial charge is 0.326 e. The number of rotatable bonds is 4. The van der Waals surface area contributed by atoms with Crippen molar-refractivity contribution in [1.29, 1.82) is 0 Å². The van der Waals surface area contributed by atoms with Gasteiger partial charge in [-0.15, -0.1) is 22.7 Å². The molecule has 2 aliphatic heterocycles. The molecule has 0 atom stereocenters. The zero-order valence-corrected chi connectivity index (χ0v) is 23.2. The van der Waals surface area contributed by atoms with Gasteiger partial charge in [0.1, 0.15) is 29.6 Å². The number of phenolic OH excluding ortho intramolecular Hbond substituents is 2. The number of aromatic hydroxyl groups is 2. The van der Waals surface area contributed by atoms with E-state index in [0.29, 0.717) is 10.6 Å². The van der Waals surface area contributed by atoms with Crippen molar-refractivity contribution < 1.29 is 36.6 Å². The highest BCUT2D eigenvalue weighted by molar-refractivity contribution is 7.92. The first-order valence-corrected chi connectivity index (χ1v) is 15.7. The summed E-state index contributed by atoms with van der Waals surface area (Å²) in [6.45, 7) is -0.678. The first-order valence-electron chi connectivity index (χ1n) is 11.1. The number of hydrogen-bond acceptors (Lipinski definition) is 12. The van der Waals surface area contributed by atoms with Crippen molar-refractivity contribution in [3.8, 4) is 32.5 Å². The monoisotopic (exact) mass is 622 g/mol. The van der Waals surface area contributed by atoms with Crippen molar-refractivity contribution >= 4 is 66.3 Å². The lowest BCUT2D eigenvalue weighted by molar-refractivity contribution is -0.118. The Morgan fingerprint density at radius 2 is 1.35 bits per heavy atom. The van der Waals surface area contributed by atoms with Crippen LogP contribution in [0.3, 0.4) is 0 Å². The fourth-order valence-electron chi connectivity index (χ4n) is 3.80. The second kappa shape index (κ2) is 10.4. The van der Waals surface area contributed by atoms with Gasteiger partial charge in [-0.05, 0) is 35.9 Å². The lowest BCUT2D eigenvalue weighted by atomic mass is 10.1. The predicted molar refractivity (Wildman–Crippen MR) is 147 cm³/mol. The molecule has 0 saturated carbocycles. The average molecular weight is 623 g/mol. The second-order valence-electron chi connectivity index (χ2n) is 8.18. The number of hydrogen-bond donors (Lipinski definition) is 4. The lowest BCUT2D eigenvalue weighted by Crippen LogP contribution is -2.29. The Morgan fingerprint density at radius 3 is 1.77 bits per heavy atom. The Hall–Kier alpha value is -4.26.